The normalized spacial score (nSPS) is 10.9. The van der Waals surface area contributed by atoms with Crippen LogP contribution in [0.2, 0.25) is 0 Å². The Bertz CT molecular complexity index is 727. The summed E-state index contributed by atoms with van der Waals surface area (Å²) in [5, 5.41) is 3.93. The maximum Gasteiger partial charge on any atom is 0.173 e. The van der Waals surface area contributed by atoms with Gasteiger partial charge in [0.1, 0.15) is 11.6 Å². The van der Waals surface area contributed by atoms with Crippen LogP contribution in [0, 0.1) is 5.82 Å². The molecule has 6 heteroatoms. The van der Waals surface area contributed by atoms with Crippen molar-refractivity contribution in [2.24, 2.45) is 0 Å². The second-order valence-electron chi connectivity index (χ2n) is 4.35. The fourth-order valence-corrected chi connectivity index (χ4v) is 2.47. The molecule has 0 aliphatic rings. The van der Waals surface area contributed by atoms with Crippen LogP contribution in [-0.2, 0) is 0 Å². The number of nitrogens with one attached hydrogen (secondary N) is 1. The number of fused-ring (bicyclic) bond motifs is 1. The summed E-state index contributed by atoms with van der Waals surface area (Å²) in [6, 6.07) is 4.55. The van der Waals surface area contributed by atoms with Gasteiger partial charge in [0.25, 0.3) is 0 Å². The van der Waals surface area contributed by atoms with Gasteiger partial charge in [-0.3, -0.25) is 4.98 Å². The number of halogens is 1. The summed E-state index contributed by atoms with van der Waals surface area (Å²) in [6.45, 7) is 2.85. The van der Waals surface area contributed by atoms with E-state index in [4.69, 9.17) is 0 Å². The lowest BCUT2D eigenvalue weighted by atomic mass is 10.2. The standard InChI is InChI=1S/C14H13FN4S/c1-2-5-17-13-10-6-9(15)3-4-11(10)18-14(19-13)12-7-16-8-20-12/h3-4,6-8H,2,5H2,1H3,(H,17,18,19). The quantitative estimate of drug-likeness (QED) is 0.795. The Balaban J connectivity index is 2.17. The highest BCUT2D eigenvalue weighted by Gasteiger charge is 2.11. The van der Waals surface area contributed by atoms with Crippen LogP contribution in [0.4, 0.5) is 10.2 Å². The van der Waals surface area contributed by atoms with Crippen LogP contribution < -0.4 is 5.32 Å². The van der Waals surface area contributed by atoms with Crippen molar-refractivity contribution in [2.45, 2.75) is 13.3 Å². The first kappa shape index (κ1) is 12.9. The van der Waals surface area contributed by atoms with Gasteiger partial charge in [-0.15, -0.1) is 11.3 Å². The SMILES string of the molecule is CCCNc1nc(-c2cncs2)nc2ccc(F)cc12. The molecule has 0 saturated heterocycles. The van der Waals surface area contributed by atoms with E-state index in [1.54, 1.807) is 17.8 Å². The van der Waals surface area contributed by atoms with Crippen molar-refractivity contribution >= 4 is 28.1 Å². The summed E-state index contributed by atoms with van der Waals surface area (Å²) in [6.07, 6.45) is 2.70. The van der Waals surface area contributed by atoms with Gasteiger partial charge >= 0.3 is 0 Å². The molecule has 4 nitrogen and oxygen atoms in total. The fraction of sp³-hybridized carbons (Fsp3) is 0.214. The second-order valence-corrected chi connectivity index (χ2v) is 5.24. The van der Waals surface area contributed by atoms with Crippen LogP contribution in [0.3, 0.4) is 0 Å². The summed E-state index contributed by atoms with van der Waals surface area (Å²) < 4.78 is 13.4. The van der Waals surface area contributed by atoms with Gasteiger partial charge in [-0.25, -0.2) is 14.4 Å². The number of nitrogens with zero attached hydrogens (tertiary/aromatic N) is 3. The third kappa shape index (κ3) is 2.46. The highest BCUT2D eigenvalue weighted by Crippen LogP contribution is 2.27. The van der Waals surface area contributed by atoms with E-state index >= 15 is 0 Å². The van der Waals surface area contributed by atoms with E-state index in [0.717, 1.165) is 23.4 Å². The molecule has 0 amide bonds. The van der Waals surface area contributed by atoms with Crippen LogP contribution in [0.1, 0.15) is 13.3 Å². The lowest BCUT2D eigenvalue weighted by Crippen LogP contribution is -2.04. The molecule has 3 aromatic rings. The van der Waals surface area contributed by atoms with Crippen LogP contribution in [0.25, 0.3) is 21.6 Å². The van der Waals surface area contributed by atoms with Crippen LogP contribution in [0.5, 0.6) is 0 Å². The minimum absolute atomic E-state index is 0.286. The molecule has 0 bridgehead atoms. The largest absolute Gasteiger partial charge is 0.369 e. The highest BCUT2D eigenvalue weighted by atomic mass is 32.1. The minimum atomic E-state index is -0.286. The number of anilines is 1. The molecule has 0 fully saturated rings. The van der Waals surface area contributed by atoms with Crippen LogP contribution in [0.15, 0.2) is 29.9 Å². The Morgan fingerprint density at radius 3 is 2.95 bits per heavy atom. The molecule has 0 unspecified atom stereocenters. The van der Waals surface area contributed by atoms with E-state index < -0.39 is 0 Å². The molecule has 0 radical (unpaired) electrons. The molecular formula is C14H13FN4S. The van der Waals surface area contributed by atoms with Crippen molar-refractivity contribution in [3.05, 3.63) is 35.7 Å². The number of hydrogen-bond donors (Lipinski definition) is 1. The summed E-state index contributed by atoms with van der Waals surface area (Å²) >= 11 is 1.48. The average Bonchev–Trinajstić information content (AvgIpc) is 2.99. The predicted octanol–water partition coefficient (Wildman–Crippen LogP) is 3.71. The molecule has 1 N–H and O–H groups in total. The van der Waals surface area contributed by atoms with E-state index in [9.17, 15) is 4.39 Å². The summed E-state index contributed by atoms with van der Waals surface area (Å²) in [5.74, 6) is 0.996. The smallest absolute Gasteiger partial charge is 0.173 e. The summed E-state index contributed by atoms with van der Waals surface area (Å²) in [5.41, 5.74) is 2.47. The highest BCUT2D eigenvalue weighted by molar-refractivity contribution is 7.13. The molecule has 102 valence electrons. The van der Waals surface area contributed by atoms with Gasteiger partial charge in [-0.1, -0.05) is 6.92 Å². The molecule has 0 atom stereocenters. The Morgan fingerprint density at radius 1 is 1.30 bits per heavy atom. The van der Waals surface area contributed by atoms with Gasteiger partial charge in [0.05, 0.1) is 15.9 Å². The van der Waals surface area contributed by atoms with Crippen molar-refractivity contribution < 1.29 is 4.39 Å². The molecule has 3 rings (SSSR count). The fourth-order valence-electron chi connectivity index (χ4n) is 1.92. The van der Waals surface area contributed by atoms with Crippen molar-refractivity contribution in [3.8, 4) is 10.7 Å². The lowest BCUT2D eigenvalue weighted by molar-refractivity contribution is 0.629. The van der Waals surface area contributed by atoms with Crippen molar-refractivity contribution in [1.29, 1.82) is 0 Å². The molecule has 0 saturated carbocycles. The Morgan fingerprint density at radius 2 is 2.20 bits per heavy atom. The van der Waals surface area contributed by atoms with Crippen molar-refractivity contribution in [3.63, 3.8) is 0 Å². The van der Waals surface area contributed by atoms with E-state index in [2.05, 4.69) is 27.2 Å². The minimum Gasteiger partial charge on any atom is -0.369 e. The van der Waals surface area contributed by atoms with E-state index in [1.807, 2.05) is 0 Å². The molecule has 0 aliphatic heterocycles. The van der Waals surface area contributed by atoms with Crippen LogP contribution in [-0.4, -0.2) is 21.5 Å². The van der Waals surface area contributed by atoms with Crippen LogP contribution >= 0.6 is 11.3 Å². The Hall–Kier alpha value is -2.08. The first-order valence-corrected chi connectivity index (χ1v) is 7.26. The average molecular weight is 288 g/mol. The number of rotatable bonds is 4. The monoisotopic (exact) mass is 288 g/mol. The van der Waals surface area contributed by atoms with Crippen molar-refractivity contribution in [2.75, 3.05) is 11.9 Å². The summed E-state index contributed by atoms with van der Waals surface area (Å²) in [4.78, 5) is 13.9. The number of aromatic nitrogens is 3. The molecule has 0 aliphatic carbocycles. The predicted molar refractivity (Wildman–Crippen MR) is 79.4 cm³/mol. The van der Waals surface area contributed by atoms with E-state index in [-0.39, 0.29) is 5.82 Å². The van der Waals surface area contributed by atoms with Gasteiger partial charge < -0.3 is 5.32 Å². The summed E-state index contributed by atoms with van der Waals surface area (Å²) in [7, 11) is 0. The van der Waals surface area contributed by atoms with Gasteiger partial charge in [0.2, 0.25) is 0 Å². The Kier molecular flexibility index (Phi) is 3.56. The van der Waals surface area contributed by atoms with E-state index in [0.29, 0.717) is 17.0 Å². The third-order valence-electron chi connectivity index (χ3n) is 2.85. The molecule has 20 heavy (non-hydrogen) atoms. The third-order valence-corrected chi connectivity index (χ3v) is 3.62. The molecule has 1 aromatic carbocycles. The number of hydrogen-bond acceptors (Lipinski definition) is 5. The maximum atomic E-state index is 13.4. The molecule has 2 heterocycles. The maximum absolute atomic E-state index is 13.4. The second kappa shape index (κ2) is 5.50. The van der Waals surface area contributed by atoms with Gasteiger partial charge in [-0.2, -0.15) is 0 Å². The molecular weight excluding hydrogens is 275 g/mol. The van der Waals surface area contributed by atoms with Crippen molar-refractivity contribution in [1.82, 2.24) is 15.0 Å². The first-order chi connectivity index (χ1) is 9.78. The number of benzene rings is 1. The molecule has 0 spiro atoms. The first-order valence-electron chi connectivity index (χ1n) is 6.38. The topological polar surface area (TPSA) is 50.7 Å². The van der Waals surface area contributed by atoms with Gasteiger partial charge in [-0.05, 0) is 24.6 Å². The molecule has 2 aromatic heterocycles. The van der Waals surface area contributed by atoms with Gasteiger partial charge in [0.15, 0.2) is 5.82 Å². The zero-order chi connectivity index (χ0) is 13.9. The zero-order valence-electron chi connectivity index (χ0n) is 10.9. The lowest BCUT2D eigenvalue weighted by Gasteiger charge is -2.09. The zero-order valence-corrected chi connectivity index (χ0v) is 11.7. The Labute approximate surface area is 119 Å². The van der Waals surface area contributed by atoms with Gasteiger partial charge in [0, 0.05) is 18.1 Å². The number of thiazole rings is 1. The van der Waals surface area contributed by atoms with E-state index in [1.165, 1.54) is 23.5 Å².